The van der Waals surface area contributed by atoms with Gasteiger partial charge in [-0.3, -0.25) is 14.4 Å². The van der Waals surface area contributed by atoms with Crippen LogP contribution < -0.4 is 5.32 Å². The summed E-state index contributed by atoms with van der Waals surface area (Å²) in [6, 6.07) is 16.3. The molecule has 24 heavy (non-hydrogen) atoms. The van der Waals surface area contributed by atoms with E-state index in [1.165, 1.54) is 5.56 Å². The fourth-order valence-corrected chi connectivity index (χ4v) is 2.73. The maximum absolute atomic E-state index is 4.68. The molecule has 0 aliphatic rings. The van der Waals surface area contributed by atoms with Crippen molar-refractivity contribution in [1.29, 1.82) is 0 Å². The quantitative estimate of drug-likeness (QED) is 0.613. The summed E-state index contributed by atoms with van der Waals surface area (Å²) < 4.78 is 2.02. The molecule has 0 bridgehead atoms. The van der Waals surface area contributed by atoms with E-state index in [1.807, 2.05) is 34.9 Å². The maximum atomic E-state index is 4.68. The molecule has 118 valence electrons. The molecular formula is C19H17N5. The van der Waals surface area contributed by atoms with E-state index in [1.54, 1.807) is 18.6 Å². The molecule has 0 aliphatic heterocycles. The van der Waals surface area contributed by atoms with Crippen LogP contribution in [0.3, 0.4) is 0 Å². The molecule has 1 N–H and O–H groups in total. The van der Waals surface area contributed by atoms with Gasteiger partial charge in [-0.2, -0.15) is 0 Å². The number of imidazole rings is 1. The van der Waals surface area contributed by atoms with Gasteiger partial charge in [-0.05, 0) is 24.1 Å². The van der Waals surface area contributed by atoms with Gasteiger partial charge in [-0.15, -0.1) is 0 Å². The largest absolute Gasteiger partial charge is 0.369 e. The molecule has 0 spiro atoms. The van der Waals surface area contributed by atoms with E-state index in [4.69, 9.17) is 0 Å². The summed E-state index contributed by atoms with van der Waals surface area (Å²) in [5, 5.41) is 3.52. The SMILES string of the molecule is c1ccc(CCNc2c(-c3ccccn3)nc3cnccn23)cc1. The first-order valence-corrected chi connectivity index (χ1v) is 7.93. The molecule has 0 radical (unpaired) electrons. The highest BCUT2D eigenvalue weighted by Gasteiger charge is 2.14. The molecule has 0 saturated heterocycles. The van der Waals surface area contributed by atoms with E-state index in [2.05, 4.69) is 44.5 Å². The Bertz CT molecular complexity index is 932. The van der Waals surface area contributed by atoms with Crippen LogP contribution in [-0.2, 0) is 6.42 Å². The Labute approximate surface area is 140 Å². The van der Waals surface area contributed by atoms with Crippen LogP contribution in [0.5, 0.6) is 0 Å². The Morgan fingerprint density at radius 3 is 2.67 bits per heavy atom. The topological polar surface area (TPSA) is 55.1 Å². The van der Waals surface area contributed by atoms with E-state index >= 15 is 0 Å². The summed E-state index contributed by atoms with van der Waals surface area (Å²) >= 11 is 0. The van der Waals surface area contributed by atoms with Crippen LogP contribution in [0.2, 0.25) is 0 Å². The summed E-state index contributed by atoms with van der Waals surface area (Å²) in [7, 11) is 0. The number of hydrogen-bond acceptors (Lipinski definition) is 4. The smallest absolute Gasteiger partial charge is 0.157 e. The molecule has 0 aliphatic carbocycles. The van der Waals surface area contributed by atoms with Gasteiger partial charge in [-0.1, -0.05) is 36.4 Å². The van der Waals surface area contributed by atoms with Gasteiger partial charge < -0.3 is 5.32 Å². The van der Waals surface area contributed by atoms with E-state index in [-0.39, 0.29) is 0 Å². The van der Waals surface area contributed by atoms with Gasteiger partial charge in [0.25, 0.3) is 0 Å². The maximum Gasteiger partial charge on any atom is 0.157 e. The molecule has 3 heterocycles. The first-order valence-electron chi connectivity index (χ1n) is 7.93. The summed E-state index contributed by atoms with van der Waals surface area (Å²) in [6.45, 7) is 0.819. The van der Waals surface area contributed by atoms with Crippen LogP contribution in [0.4, 0.5) is 5.82 Å². The monoisotopic (exact) mass is 315 g/mol. The van der Waals surface area contributed by atoms with Gasteiger partial charge in [0.05, 0.1) is 11.9 Å². The molecule has 5 heteroatoms. The predicted molar refractivity (Wildman–Crippen MR) is 94.9 cm³/mol. The number of nitrogens with zero attached hydrogens (tertiary/aromatic N) is 4. The number of benzene rings is 1. The number of anilines is 1. The zero-order valence-electron chi connectivity index (χ0n) is 13.1. The highest BCUT2D eigenvalue weighted by Crippen LogP contribution is 2.26. The lowest BCUT2D eigenvalue weighted by molar-refractivity contribution is 0.995. The molecular weight excluding hydrogens is 298 g/mol. The third-order valence-corrected chi connectivity index (χ3v) is 3.89. The minimum absolute atomic E-state index is 0.806. The van der Waals surface area contributed by atoms with Crippen LogP contribution in [0.15, 0.2) is 73.3 Å². The minimum Gasteiger partial charge on any atom is -0.369 e. The lowest BCUT2D eigenvalue weighted by Crippen LogP contribution is -2.08. The van der Waals surface area contributed by atoms with E-state index in [0.717, 1.165) is 35.8 Å². The normalized spacial score (nSPS) is 10.8. The first-order chi connectivity index (χ1) is 11.9. The second-order valence-corrected chi connectivity index (χ2v) is 5.49. The van der Waals surface area contributed by atoms with E-state index in [0.29, 0.717) is 0 Å². The lowest BCUT2D eigenvalue weighted by Gasteiger charge is -2.08. The second-order valence-electron chi connectivity index (χ2n) is 5.49. The first kappa shape index (κ1) is 14.4. The third kappa shape index (κ3) is 2.84. The number of rotatable bonds is 5. The van der Waals surface area contributed by atoms with Gasteiger partial charge in [0.2, 0.25) is 0 Å². The van der Waals surface area contributed by atoms with Crippen molar-refractivity contribution in [2.75, 3.05) is 11.9 Å². The van der Waals surface area contributed by atoms with Crippen molar-refractivity contribution in [1.82, 2.24) is 19.4 Å². The van der Waals surface area contributed by atoms with Crippen LogP contribution in [0, 0.1) is 0 Å². The zero-order valence-corrected chi connectivity index (χ0v) is 13.1. The van der Waals surface area contributed by atoms with Gasteiger partial charge in [0.1, 0.15) is 11.5 Å². The molecule has 5 nitrogen and oxygen atoms in total. The molecule has 0 saturated carbocycles. The van der Waals surface area contributed by atoms with Gasteiger partial charge in [-0.25, -0.2) is 4.98 Å². The molecule has 0 unspecified atom stereocenters. The summed E-state index contributed by atoms with van der Waals surface area (Å²) in [5.74, 6) is 0.946. The van der Waals surface area contributed by atoms with Crippen LogP contribution in [0.25, 0.3) is 17.0 Å². The number of nitrogens with one attached hydrogen (secondary N) is 1. The van der Waals surface area contributed by atoms with Crippen molar-refractivity contribution in [3.05, 3.63) is 78.9 Å². The number of hydrogen-bond donors (Lipinski definition) is 1. The number of aromatic nitrogens is 4. The standard InChI is InChI=1S/C19H17N5/c1-2-6-15(7-3-1)9-11-22-19-18(16-8-4-5-10-21-16)23-17-14-20-12-13-24(17)19/h1-8,10,12-14,22H,9,11H2. The second kappa shape index (κ2) is 6.50. The van der Waals surface area contributed by atoms with Crippen LogP contribution in [0.1, 0.15) is 5.56 Å². The highest BCUT2D eigenvalue weighted by molar-refractivity contribution is 5.73. The number of fused-ring (bicyclic) bond motifs is 1. The van der Waals surface area contributed by atoms with Crippen molar-refractivity contribution in [3.63, 3.8) is 0 Å². The van der Waals surface area contributed by atoms with Gasteiger partial charge in [0, 0.05) is 25.1 Å². The molecule has 1 aromatic carbocycles. The Hall–Kier alpha value is -3.21. The van der Waals surface area contributed by atoms with Gasteiger partial charge >= 0.3 is 0 Å². The Morgan fingerprint density at radius 2 is 1.83 bits per heavy atom. The molecule has 3 aromatic heterocycles. The van der Waals surface area contributed by atoms with E-state index in [9.17, 15) is 0 Å². The van der Waals surface area contributed by atoms with Gasteiger partial charge in [0.15, 0.2) is 5.65 Å². The summed E-state index contributed by atoms with van der Waals surface area (Å²) in [5.41, 5.74) is 3.81. The lowest BCUT2D eigenvalue weighted by atomic mass is 10.1. The minimum atomic E-state index is 0.806. The summed E-state index contributed by atoms with van der Waals surface area (Å²) in [6.07, 6.45) is 8.17. The molecule has 0 atom stereocenters. The van der Waals surface area contributed by atoms with Crippen molar-refractivity contribution in [2.45, 2.75) is 6.42 Å². The Morgan fingerprint density at radius 1 is 0.958 bits per heavy atom. The molecule has 0 amide bonds. The van der Waals surface area contributed by atoms with Crippen molar-refractivity contribution in [2.24, 2.45) is 0 Å². The highest BCUT2D eigenvalue weighted by atomic mass is 15.1. The van der Waals surface area contributed by atoms with Crippen molar-refractivity contribution in [3.8, 4) is 11.4 Å². The fourth-order valence-electron chi connectivity index (χ4n) is 2.73. The average molecular weight is 315 g/mol. The average Bonchev–Trinajstić information content (AvgIpc) is 3.02. The van der Waals surface area contributed by atoms with Crippen LogP contribution >= 0.6 is 0 Å². The summed E-state index contributed by atoms with van der Waals surface area (Å²) in [4.78, 5) is 13.3. The van der Waals surface area contributed by atoms with E-state index < -0.39 is 0 Å². The molecule has 4 aromatic rings. The fraction of sp³-hybridized carbons (Fsp3) is 0.105. The van der Waals surface area contributed by atoms with Crippen molar-refractivity contribution >= 4 is 11.5 Å². The predicted octanol–water partition coefficient (Wildman–Crippen LogP) is 3.45. The number of pyridine rings is 1. The van der Waals surface area contributed by atoms with Crippen LogP contribution in [-0.4, -0.2) is 25.9 Å². The molecule has 0 fully saturated rings. The Balaban J connectivity index is 1.65. The zero-order chi connectivity index (χ0) is 16.2. The molecule has 4 rings (SSSR count). The Kier molecular flexibility index (Phi) is 3.90. The third-order valence-electron chi connectivity index (χ3n) is 3.89. The van der Waals surface area contributed by atoms with Crippen molar-refractivity contribution < 1.29 is 0 Å².